The molecule has 1 atom stereocenters. The van der Waals surface area contributed by atoms with Crippen LogP contribution in [0.4, 0.5) is 4.79 Å². The Morgan fingerprint density at radius 1 is 1.00 bits per heavy atom. The molecule has 0 saturated carbocycles. The molecule has 2 aromatic carbocycles. The molecule has 0 aromatic heterocycles. The van der Waals surface area contributed by atoms with Crippen LogP contribution in [0.5, 0.6) is 0 Å². The Morgan fingerprint density at radius 2 is 1.61 bits per heavy atom. The molecule has 5 nitrogen and oxygen atoms in total. The summed E-state index contributed by atoms with van der Waals surface area (Å²) in [6, 6.07) is 17.9. The Bertz CT molecular complexity index is 1000. The Balaban J connectivity index is 1.48. The molecular formula is C27H34BNO4. The van der Waals surface area contributed by atoms with Crippen molar-refractivity contribution in [3.8, 4) is 0 Å². The van der Waals surface area contributed by atoms with Crippen LogP contribution in [0, 0.1) is 0 Å². The Kier molecular flexibility index (Phi) is 6.19. The van der Waals surface area contributed by atoms with E-state index in [-0.39, 0.29) is 17.3 Å². The fraction of sp³-hybridized carbons (Fsp3) is 0.444. The maximum atomic E-state index is 13.1. The van der Waals surface area contributed by atoms with Crippen molar-refractivity contribution in [2.24, 2.45) is 0 Å². The minimum atomic E-state index is -0.579. The van der Waals surface area contributed by atoms with E-state index < -0.39 is 12.7 Å². The number of amides is 1. The molecule has 0 unspecified atom stereocenters. The van der Waals surface area contributed by atoms with Gasteiger partial charge >= 0.3 is 13.2 Å². The summed E-state index contributed by atoms with van der Waals surface area (Å²) < 4.78 is 18.4. The molecule has 2 saturated heterocycles. The van der Waals surface area contributed by atoms with E-state index in [2.05, 4.69) is 13.5 Å². The van der Waals surface area contributed by atoms with Gasteiger partial charge in [-0.2, -0.15) is 0 Å². The Morgan fingerprint density at radius 3 is 2.15 bits per heavy atom. The Hall–Kier alpha value is -2.57. The molecule has 0 spiro atoms. The second-order valence-corrected chi connectivity index (χ2v) is 10.0. The zero-order chi connectivity index (χ0) is 23.9. The molecular weight excluding hydrogens is 413 g/mol. The molecule has 0 aliphatic carbocycles. The predicted molar refractivity (Wildman–Crippen MR) is 132 cm³/mol. The van der Waals surface area contributed by atoms with E-state index in [9.17, 15) is 4.79 Å². The SMILES string of the molecule is C=C(c1ccc(B2OC(C)(C)C(C)(C)O2)cc1)N1CC[C@](CCC)(c2ccccc2)OC1=O. The maximum absolute atomic E-state index is 13.1. The minimum Gasteiger partial charge on any atom is -0.438 e. The number of nitrogens with zero attached hydrogens (tertiary/aromatic N) is 1. The van der Waals surface area contributed by atoms with E-state index in [0.29, 0.717) is 12.2 Å². The van der Waals surface area contributed by atoms with Gasteiger partial charge < -0.3 is 14.0 Å². The van der Waals surface area contributed by atoms with E-state index in [1.54, 1.807) is 4.90 Å². The first-order chi connectivity index (χ1) is 15.6. The van der Waals surface area contributed by atoms with Gasteiger partial charge in [0.05, 0.1) is 11.2 Å². The molecule has 0 bridgehead atoms. The van der Waals surface area contributed by atoms with Crippen molar-refractivity contribution in [3.63, 3.8) is 0 Å². The van der Waals surface area contributed by atoms with Crippen LogP contribution >= 0.6 is 0 Å². The number of rotatable bonds is 6. The first kappa shape index (κ1) is 23.6. The van der Waals surface area contributed by atoms with Crippen LogP contribution in [-0.2, 0) is 19.6 Å². The van der Waals surface area contributed by atoms with Gasteiger partial charge in [0.1, 0.15) is 5.60 Å². The molecule has 1 amide bonds. The van der Waals surface area contributed by atoms with Crippen LogP contribution < -0.4 is 5.46 Å². The topological polar surface area (TPSA) is 48.0 Å². The molecule has 174 valence electrons. The van der Waals surface area contributed by atoms with Crippen LogP contribution in [0.1, 0.15) is 65.0 Å². The molecule has 0 N–H and O–H groups in total. The number of carbonyl (C=O) groups excluding carboxylic acids is 1. The van der Waals surface area contributed by atoms with E-state index in [1.807, 2.05) is 82.3 Å². The molecule has 4 rings (SSSR count). The quantitative estimate of drug-likeness (QED) is 0.549. The molecule has 6 heteroatoms. The Labute approximate surface area is 197 Å². The van der Waals surface area contributed by atoms with Crippen molar-refractivity contribution in [2.45, 2.75) is 70.7 Å². The lowest BCUT2D eigenvalue weighted by molar-refractivity contribution is -0.0470. The largest absolute Gasteiger partial charge is 0.494 e. The lowest BCUT2D eigenvalue weighted by Crippen LogP contribution is -2.47. The fourth-order valence-electron chi connectivity index (χ4n) is 4.54. The third kappa shape index (κ3) is 4.34. The standard InChI is InChI=1S/C27H34BNO4/c1-7-17-27(22-11-9-8-10-12-22)18-19-29(24(30)31-27)20(2)21-13-15-23(16-14-21)28-32-25(3,4)26(5,6)33-28/h8-16H,2,7,17-19H2,1,3-6H3/t27-/m1/s1. The summed E-state index contributed by atoms with van der Waals surface area (Å²) in [7, 11) is -0.419. The molecule has 0 radical (unpaired) electrons. The van der Waals surface area contributed by atoms with Gasteiger partial charge in [-0.15, -0.1) is 0 Å². The summed E-state index contributed by atoms with van der Waals surface area (Å²) in [5, 5.41) is 0. The normalized spacial score (nSPS) is 24.0. The fourth-order valence-corrected chi connectivity index (χ4v) is 4.54. The third-order valence-electron chi connectivity index (χ3n) is 7.29. The number of benzene rings is 2. The zero-order valence-electron chi connectivity index (χ0n) is 20.4. The van der Waals surface area contributed by atoms with Crippen LogP contribution in [0.15, 0.2) is 61.2 Å². The molecule has 2 fully saturated rings. The minimum absolute atomic E-state index is 0.349. The van der Waals surface area contributed by atoms with Crippen molar-refractivity contribution in [2.75, 3.05) is 6.54 Å². The van der Waals surface area contributed by atoms with Gasteiger partial charge in [0.2, 0.25) is 0 Å². The molecule has 33 heavy (non-hydrogen) atoms. The lowest BCUT2D eigenvalue weighted by atomic mass is 9.78. The average Bonchev–Trinajstić information content (AvgIpc) is 3.01. The van der Waals surface area contributed by atoms with Crippen molar-refractivity contribution in [1.29, 1.82) is 0 Å². The first-order valence-electron chi connectivity index (χ1n) is 11.8. The first-order valence-corrected chi connectivity index (χ1v) is 11.8. The highest BCUT2D eigenvalue weighted by Gasteiger charge is 2.51. The van der Waals surface area contributed by atoms with E-state index in [4.69, 9.17) is 14.0 Å². The summed E-state index contributed by atoms with van der Waals surface area (Å²) in [6.45, 7) is 15.0. The van der Waals surface area contributed by atoms with Crippen molar-refractivity contribution < 1.29 is 18.8 Å². The van der Waals surface area contributed by atoms with Gasteiger partial charge in [-0.25, -0.2) is 4.79 Å². The van der Waals surface area contributed by atoms with Crippen LogP contribution in [-0.4, -0.2) is 35.9 Å². The van der Waals surface area contributed by atoms with Crippen LogP contribution in [0.3, 0.4) is 0 Å². The highest BCUT2D eigenvalue weighted by Crippen LogP contribution is 2.40. The molecule has 2 heterocycles. The van der Waals surface area contributed by atoms with Gasteiger partial charge in [-0.3, -0.25) is 4.90 Å². The van der Waals surface area contributed by atoms with E-state index in [0.717, 1.165) is 35.9 Å². The second-order valence-electron chi connectivity index (χ2n) is 10.0. The van der Waals surface area contributed by atoms with Gasteiger partial charge in [0.15, 0.2) is 0 Å². The molecule has 2 aliphatic heterocycles. The van der Waals surface area contributed by atoms with Crippen LogP contribution in [0.2, 0.25) is 0 Å². The summed E-state index contributed by atoms with van der Waals surface area (Å²) in [5.41, 5.74) is 2.15. The van der Waals surface area contributed by atoms with E-state index >= 15 is 0 Å². The number of hydrogen-bond donors (Lipinski definition) is 0. The molecule has 2 aliphatic rings. The summed E-state index contributed by atoms with van der Waals surface area (Å²) in [5.74, 6) is 0. The smallest absolute Gasteiger partial charge is 0.438 e. The van der Waals surface area contributed by atoms with Crippen LogP contribution in [0.25, 0.3) is 5.70 Å². The predicted octanol–water partition coefficient (Wildman–Crippen LogP) is 5.49. The molecule has 2 aromatic rings. The highest BCUT2D eigenvalue weighted by atomic mass is 16.7. The van der Waals surface area contributed by atoms with Gasteiger partial charge in [-0.1, -0.05) is 74.5 Å². The van der Waals surface area contributed by atoms with Gasteiger partial charge in [0.25, 0.3) is 0 Å². The summed E-state index contributed by atoms with van der Waals surface area (Å²) in [4.78, 5) is 14.7. The van der Waals surface area contributed by atoms with Crippen molar-refractivity contribution in [1.82, 2.24) is 4.90 Å². The zero-order valence-corrected chi connectivity index (χ0v) is 20.4. The lowest BCUT2D eigenvalue weighted by Gasteiger charge is -2.42. The van der Waals surface area contributed by atoms with Crippen molar-refractivity contribution >= 4 is 24.4 Å². The average molecular weight is 447 g/mol. The number of cyclic esters (lactones) is 1. The second kappa shape index (κ2) is 8.66. The highest BCUT2D eigenvalue weighted by molar-refractivity contribution is 6.62. The van der Waals surface area contributed by atoms with Crippen molar-refractivity contribution in [3.05, 3.63) is 72.3 Å². The third-order valence-corrected chi connectivity index (χ3v) is 7.29. The number of ether oxygens (including phenoxy) is 1. The van der Waals surface area contributed by atoms with Gasteiger partial charge in [0, 0.05) is 18.7 Å². The monoisotopic (exact) mass is 447 g/mol. The number of hydrogen-bond acceptors (Lipinski definition) is 4. The summed E-state index contributed by atoms with van der Waals surface area (Å²) >= 11 is 0. The summed E-state index contributed by atoms with van der Waals surface area (Å²) in [6.07, 6.45) is 2.11. The van der Waals surface area contributed by atoms with E-state index in [1.165, 1.54) is 0 Å². The maximum Gasteiger partial charge on any atom is 0.494 e. The number of carbonyl (C=O) groups is 1. The van der Waals surface area contributed by atoms with Gasteiger partial charge in [-0.05, 0) is 50.7 Å².